The van der Waals surface area contributed by atoms with E-state index >= 15 is 0 Å². The molecule has 0 aromatic carbocycles. The van der Waals surface area contributed by atoms with Crippen LogP contribution in [0.1, 0.15) is 23.8 Å². The van der Waals surface area contributed by atoms with E-state index in [9.17, 15) is 8.42 Å². The van der Waals surface area contributed by atoms with Gasteiger partial charge in [-0.1, -0.05) is 6.92 Å². The third kappa shape index (κ3) is 3.13. The summed E-state index contributed by atoms with van der Waals surface area (Å²) >= 11 is 2.74. The number of nitrogen functional groups attached to an aromatic ring is 1. The van der Waals surface area contributed by atoms with E-state index in [2.05, 4.69) is 9.69 Å². The molecule has 2 aromatic rings. The average molecular weight is 331 g/mol. The molecule has 5 nitrogen and oxygen atoms in total. The van der Waals surface area contributed by atoms with Gasteiger partial charge in [0.25, 0.3) is 0 Å². The van der Waals surface area contributed by atoms with Crippen LogP contribution >= 0.6 is 22.9 Å². The Morgan fingerprint density at radius 1 is 1.45 bits per heavy atom. The number of hydrogen-bond acceptors (Lipinski definition) is 7. The van der Waals surface area contributed by atoms with Crippen LogP contribution in [-0.2, 0) is 16.4 Å². The number of aryl methyl sites for hydroxylation is 1. The van der Waals surface area contributed by atoms with Gasteiger partial charge in [0.05, 0.1) is 12.3 Å². The molecule has 0 fully saturated rings. The van der Waals surface area contributed by atoms with Crippen LogP contribution in [0.2, 0.25) is 0 Å². The van der Waals surface area contributed by atoms with Gasteiger partial charge in [-0.2, -0.15) is 4.37 Å². The molecular formula is C12H17N3O2S3. The number of thiophene rings is 1. The number of rotatable bonds is 6. The Labute approximate surface area is 126 Å². The van der Waals surface area contributed by atoms with Crippen LogP contribution in [0.25, 0.3) is 0 Å². The lowest BCUT2D eigenvalue weighted by Gasteiger charge is -2.07. The van der Waals surface area contributed by atoms with E-state index in [-0.39, 0.29) is 16.5 Å². The van der Waals surface area contributed by atoms with E-state index in [1.165, 1.54) is 10.4 Å². The van der Waals surface area contributed by atoms with Gasteiger partial charge in [0.2, 0.25) is 0 Å². The highest BCUT2D eigenvalue weighted by molar-refractivity contribution is 7.91. The number of nitrogens with one attached hydrogen (secondary N) is 1. The summed E-state index contributed by atoms with van der Waals surface area (Å²) in [5.74, 6) is 0.177. The van der Waals surface area contributed by atoms with Crippen molar-refractivity contribution in [1.82, 2.24) is 4.37 Å². The molecule has 0 radical (unpaired) electrons. The summed E-state index contributed by atoms with van der Waals surface area (Å²) in [5, 5.41) is 5.70. The normalized spacial score (nSPS) is 11.7. The lowest BCUT2D eigenvalue weighted by atomic mass is 10.3. The van der Waals surface area contributed by atoms with Crippen LogP contribution in [0, 0.1) is 6.92 Å². The van der Waals surface area contributed by atoms with Crippen molar-refractivity contribution >= 4 is 43.5 Å². The minimum absolute atomic E-state index is 0.0856. The molecule has 0 spiro atoms. The van der Waals surface area contributed by atoms with Crippen molar-refractivity contribution in [2.45, 2.75) is 31.7 Å². The lowest BCUT2D eigenvalue weighted by Crippen LogP contribution is -2.10. The summed E-state index contributed by atoms with van der Waals surface area (Å²) in [7, 11) is -3.37. The van der Waals surface area contributed by atoms with Crippen molar-refractivity contribution in [2.24, 2.45) is 0 Å². The molecule has 0 aliphatic carbocycles. The van der Waals surface area contributed by atoms with Crippen molar-refractivity contribution in [3.8, 4) is 0 Å². The zero-order valence-corrected chi connectivity index (χ0v) is 13.8. The summed E-state index contributed by atoms with van der Waals surface area (Å²) in [6.07, 6.45) is 0.557. The fraction of sp³-hybridized carbons (Fsp3) is 0.417. The monoisotopic (exact) mass is 331 g/mol. The van der Waals surface area contributed by atoms with Crippen molar-refractivity contribution in [3.05, 3.63) is 21.9 Å². The third-order valence-electron chi connectivity index (χ3n) is 2.84. The van der Waals surface area contributed by atoms with Gasteiger partial charge >= 0.3 is 0 Å². The van der Waals surface area contributed by atoms with E-state index in [0.29, 0.717) is 18.0 Å². The maximum atomic E-state index is 12.2. The van der Waals surface area contributed by atoms with E-state index in [0.717, 1.165) is 11.5 Å². The van der Waals surface area contributed by atoms with Gasteiger partial charge in [-0.3, -0.25) is 0 Å². The first kappa shape index (κ1) is 15.3. The SMILES string of the molecule is CCCS(=O)(=O)c1c(N)nsc1NCc1sccc1C. The highest BCUT2D eigenvalue weighted by atomic mass is 32.2. The number of hydrogen-bond donors (Lipinski definition) is 2. The number of sulfone groups is 1. The molecule has 0 aliphatic heterocycles. The van der Waals surface area contributed by atoms with E-state index in [4.69, 9.17) is 5.73 Å². The van der Waals surface area contributed by atoms with Crippen molar-refractivity contribution in [3.63, 3.8) is 0 Å². The summed E-state index contributed by atoms with van der Waals surface area (Å²) in [6.45, 7) is 4.44. The Morgan fingerprint density at radius 3 is 2.80 bits per heavy atom. The second kappa shape index (κ2) is 6.11. The first-order valence-corrected chi connectivity index (χ1v) is 9.51. The molecule has 3 N–H and O–H groups in total. The molecular weight excluding hydrogens is 314 g/mol. The zero-order valence-electron chi connectivity index (χ0n) is 11.3. The van der Waals surface area contributed by atoms with Crippen LogP contribution in [0.3, 0.4) is 0 Å². The van der Waals surface area contributed by atoms with Gasteiger partial charge in [0.1, 0.15) is 9.90 Å². The maximum absolute atomic E-state index is 12.2. The van der Waals surface area contributed by atoms with Crippen LogP contribution < -0.4 is 11.1 Å². The van der Waals surface area contributed by atoms with Gasteiger partial charge in [-0.25, -0.2) is 8.42 Å². The van der Waals surface area contributed by atoms with Crippen molar-refractivity contribution in [2.75, 3.05) is 16.8 Å². The van der Waals surface area contributed by atoms with E-state index in [1.807, 2.05) is 25.3 Å². The first-order chi connectivity index (χ1) is 9.45. The highest BCUT2D eigenvalue weighted by Gasteiger charge is 2.24. The van der Waals surface area contributed by atoms with E-state index in [1.54, 1.807) is 11.3 Å². The number of nitrogens with zero attached hydrogens (tertiary/aromatic N) is 1. The van der Waals surface area contributed by atoms with Gasteiger partial charge < -0.3 is 11.1 Å². The Balaban J connectivity index is 2.24. The average Bonchev–Trinajstić information content (AvgIpc) is 2.93. The minimum Gasteiger partial charge on any atom is -0.382 e. The zero-order chi connectivity index (χ0) is 14.8. The molecule has 0 aliphatic rings. The Hall–Kier alpha value is -1.12. The smallest absolute Gasteiger partial charge is 0.185 e. The first-order valence-electron chi connectivity index (χ1n) is 6.20. The summed E-state index contributed by atoms with van der Waals surface area (Å²) in [5.41, 5.74) is 6.91. The second-order valence-corrected chi connectivity index (χ2v) is 8.25. The molecule has 0 amide bonds. The van der Waals surface area contributed by atoms with Crippen molar-refractivity contribution < 1.29 is 8.42 Å². The summed E-state index contributed by atoms with van der Waals surface area (Å²) in [6, 6.07) is 2.04. The fourth-order valence-electron chi connectivity index (χ4n) is 1.82. The number of aromatic nitrogens is 1. The summed E-state index contributed by atoms with van der Waals surface area (Å²) < 4.78 is 28.4. The minimum atomic E-state index is -3.37. The van der Waals surface area contributed by atoms with Crippen LogP contribution in [0.4, 0.5) is 10.8 Å². The third-order valence-corrected chi connectivity index (χ3v) is 6.79. The van der Waals surface area contributed by atoms with E-state index < -0.39 is 9.84 Å². The Kier molecular flexibility index (Phi) is 4.66. The molecule has 2 rings (SSSR count). The molecule has 0 atom stereocenters. The molecule has 2 heterocycles. The Morgan fingerprint density at radius 2 is 2.20 bits per heavy atom. The molecule has 20 heavy (non-hydrogen) atoms. The predicted octanol–water partition coefficient (Wildman–Crippen LogP) is 2.89. The maximum Gasteiger partial charge on any atom is 0.185 e. The molecule has 8 heteroatoms. The standard InChI is InChI=1S/C12H17N3O2S3/c1-3-6-20(16,17)10-11(13)15-19-12(10)14-7-9-8(2)4-5-18-9/h4-5,14H,3,6-7H2,1-2H3,(H2,13,15). The second-order valence-electron chi connectivity index (χ2n) is 4.43. The summed E-state index contributed by atoms with van der Waals surface area (Å²) in [4.78, 5) is 1.33. The van der Waals surface area contributed by atoms with Crippen molar-refractivity contribution in [1.29, 1.82) is 0 Å². The molecule has 0 saturated heterocycles. The fourth-order valence-corrected chi connectivity index (χ4v) is 5.29. The van der Waals surface area contributed by atoms with Gasteiger partial charge in [-0.05, 0) is 41.9 Å². The highest BCUT2D eigenvalue weighted by Crippen LogP contribution is 2.33. The topological polar surface area (TPSA) is 85.1 Å². The predicted molar refractivity (Wildman–Crippen MR) is 85.3 cm³/mol. The largest absolute Gasteiger partial charge is 0.382 e. The van der Waals surface area contributed by atoms with Crippen LogP contribution in [0.15, 0.2) is 16.3 Å². The van der Waals surface area contributed by atoms with Gasteiger partial charge in [0, 0.05) is 4.88 Å². The lowest BCUT2D eigenvalue weighted by molar-refractivity contribution is 0.595. The quantitative estimate of drug-likeness (QED) is 0.850. The van der Waals surface area contributed by atoms with Gasteiger partial charge in [-0.15, -0.1) is 11.3 Å². The Bertz CT molecular complexity index is 689. The van der Waals surface area contributed by atoms with Crippen LogP contribution in [-0.4, -0.2) is 18.5 Å². The molecule has 2 aromatic heterocycles. The number of anilines is 2. The number of nitrogens with two attached hydrogens (primary N) is 1. The molecule has 0 bridgehead atoms. The molecule has 0 unspecified atom stereocenters. The molecule has 0 saturated carbocycles. The van der Waals surface area contributed by atoms with Crippen LogP contribution in [0.5, 0.6) is 0 Å². The van der Waals surface area contributed by atoms with Gasteiger partial charge in [0.15, 0.2) is 15.7 Å². The molecule has 110 valence electrons.